The van der Waals surface area contributed by atoms with Gasteiger partial charge in [0.25, 0.3) is 0 Å². The fourth-order valence-corrected chi connectivity index (χ4v) is 4.66. The SMILES string of the molecule is N#Cc1ccc(N2CCC([C@@H]3CNC[C@H]3C(=O)NC3CC3)CC2)cc1C(F)(F)F. The van der Waals surface area contributed by atoms with Gasteiger partial charge in [-0.05, 0) is 62.3 Å². The number of nitrogens with one attached hydrogen (secondary N) is 2. The van der Waals surface area contributed by atoms with Crippen molar-refractivity contribution in [2.24, 2.45) is 17.8 Å². The van der Waals surface area contributed by atoms with E-state index in [0.717, 1.165) is 38.3 Å². The predicted octanol–water partition coefficient (Wildman–Crippen LogP) is 2.91. The largest absolute Gasteiger partial charge is 0.417 e. The van der Waals surface area contributed by atoms with Crippen LogP contribution in [0, 0.1) is 29.1 Å². The Kier molecular flexibility index (Phi) is 5.43. The van der Waals surface area contributed by atoms with E-state index in [1.54, 1.807) is 12.1 Å². The normalized spacial score (nSPS) is 25.7. The average molecular weight is 406 g/mol. The lowest BCUT2D eigenvalue weighted by Gasteiger charge is -2.37. The lowest BCUT2D eigenvalue weighted by molar-refractivity contribution is -0.137. The minimum Gasteiger partial charge on any atom is -0.372 e. The average Bonchev–Trinajstić information content (AvgIpc) is 3.38. The second kappa shape index (κ2) is 7.86. The fraction of sp³-hybridized carbons (Fsp3) is 0.619. The van der Waals surface area contributed by atoms with Crippen LogP contribution in [-0.2, 0) is 11.0 Å². The van der Waals surface area contributed by atoms with E-state index in [2.05, 4.69) is 10.6 Å². The van der Waals surface area contributed by atoms with Gasteiger partial charge in [0.2, 0.25) is 5.91 Å². The lowest BCUT2D eigenvalue weighted by Crippen LogP contribution is -2.42. The molecule has 1 aliphatic carbocycles. The molecule has 0 aromatic heterocycles. The van der Waals surface area contributed by atoms with E-state index in [0.29, 0.717) is 37.3 Å². The van der Waals surface area contributed by atoms with Crippen molar-refractivity contribution in [1.82, 2.24) is 10.6 Å². The summed E-state index contributed by atoms with van der Waals surface area (Å²) >= 11 is 0. The Morgan fingerprint density at radius 1 is 1.17 bits per heavy atom. The van der Waals surface area contributed by atoms with E-state index in [-0.39, 0.29) is 23.3 Å². The molecule has 2 atom stereocenters. The van der Waals surface area contributed by atoms with Gasteiger partial charge in [-0.25, -0.2) is 0 Å². The molecule has 2 N–H and O–H groups in total. The fourth-order valence-electron chi connectivity index (χ4n) is 4.66. The lowest BCUT2D eigenvalue weighted by atomic mass is 9.78. The molecule has 0 spiro atoms. The molecule has 5 nitrogen and oxygen atoms in total. The first kappa shape index (κ1) is 20.0. The molecule has 2 saturated heterocycles. The van der Waals surface area contributed by atoms with Crippen LogP contribution in [0.1, 0.15) is 36.8 Å². The van der Waals surface area contributed by atoms with Gasteiger partial charge < -0.3 is 15.5 Å². The second-order valence-electron chi connectivity index (χ2n) is 8.38. The molecule has 156 valence electrons. The topological polar surface area (TPSA) is 68.2 Å². The van der Waals surface area contributed by atoms with Crippen molar-refractivity contribution >= 4 is 11.6 Å². The molecule has 2 aliphatic heterocycles. The highest BCUT2D eigenvalue weighted by Crippen LogP contribution is 2.37. The Labute approximate surface area is 168 Å². The van der Waals surface area contributed by atoms with E-state index in [1.165, 1.54) is 6.07 Å². The Hall–Kier alpha value is -2.27. The molecule has 1 amide bonds. The predicted molar refractivity (Wildman–Crippen MR) is 102 cm³/mol. The van der Waals surface area contributed by atoms with Crippen LogP contribution < -0.4 is 15.5 Å². The molecular weight excluding hydrogens is 381 g/mol. The van der Waals surface area contributed by atoms with Gasteiger partial charge in [-0.2, -0.15) is 18.4 Å². The summed E-state index contributed by atoms with van der Waals surface area (Å²) in [6, 6.07) is 5.91. The van der Waals surface area contributed by atoms with Gasteiger partial charge in [0, 0.05) is 31.4 Å². The van der Waals surface area contributed by atoms with Gasteiger partial charge in [-0.1, -0.05) is 0 Å². The number of rotatable bonds is 4. The maximum absolute atomic E-state index is 13.2. The summed E-state index contributed by atoms with van der Waals surface area (Å²) in [5.74, 6) is 0.796. The number of carbonyl (C=O) groups is 1. The molecule has 2 heterocycles. The van der Waals surface area contributed by atoms with Crippen LogP contribution in [0.25, 0.3) is 0 Å². The first-order chi connectivity index (χ1) is 13.9. The van der Waals surface area contributed by atoms with Gasteiger partial charge in [0.05, 0.1) is 23.1 Å². The Balaban J connectivity index is 1.40. The maximum Gasteiger partial charge on any atom is 0.417 e. The van der Waals surface area contributed by atoms with Crippen molar-refractivity contribution in [3.63, 3.8) is 0 Å². The van der Waals surface area contributed by atoms with Crippen LogP contribution in [0.3, 0.4) is 0 Å². The third kappa shape index (κ3) is 4.35. The summed E-state index contributed by atoms with van der Waals surface area (Å²) in [6.45, 7) is 2.83. The molecule has 1 aromatic carbocycles. The number of halogens is 3. The van der Waals surface area contributed by atoms with Crippen molar-refractivity contribution in [1.29, 1.82) is 5.26 Å². The number of amides is 1. The number of anilines is 1. The van der Waals surface area contributed by atoms with Crippen molar-refractivity contribution in [2.75, 3.05) is 31.1 Å². The van der Waals surface area contributed by atoms with Crippen LogP contribution in [-0.4, -0.2) is 38.1 Å². The highest BCUT2D eigenvalue weighted by Gasteiger charge is 2.41. The van der Waals surface area contributed by atoms with Gasteiger partial charge in [0.15, 0.2) is 0 Å². The molecule has 0 bridgehead atoms. The minimum absolute atomic E-state index is 0.0149. The number of piperidine rings is 1. The summed E-state index contributed by atoms with van der Waals surface area (Å²) in [5.41, 5.74) is -0.726. The number of nitriles is 1. The third-order valence-corrected chi connectivity index (χ3v) is 6.46. The summed E-state index contributed by atoms with van der Waals surface area (Å²) in [5, 5.41) is 15.4. The van der Waals surface area contributed by atoms with Crippen LogP contribution in [0.2, 0.25) is 0 Å². The van der Waals surface area contributed by atoms with Gasteiger partial charge in [-0.15, -0.1) is 0 Å². The molecule has 1 aromatic rings. The molecule has 8 heteroatoms. The number of nitrogens with zero attached hydrogens (tertiary/aromatic N) is 2. The van der Waals surface area contributed by atoms with Crippen molar-refractivity contribution in [2.45, 2.75) is 37.9 Å². The molecule has 3 fully saturated rings. The number of alkyl halides is 3. The molecule has 1 saturated carbocycles. The summed E-state index contributed by atoms with van der Waals surface area (Å²) in [7, 11) is 0. The van der Waals surface area contributed by atoms with Crippen LogP contribution in [0.5, 0.6) is 0 Å². The number of benzene rings is 1. The quantitative estimate of drug-likeness (QED) is 0.807. The molecule has 4 rings (SSSR count). The zero-order valence-electron chi connectivity index (χ0n) is 16.1. The molecule has 0 unspecified atom stereocenters. The highest BCUT2D eigenvalue weighted by molar-refractivity contribution is 5.80. The summed E-state index contributed by atoms with van der Waals surface area (Å²) in [4.78, 5) is 14.5. The van der Waals surface area contributed by atoms with E-state index >= 15 is 0 Å². The van der Waals surface area contributed by atoms with Crippen molar-refractivity contribution in [3.8, 4) is 6.07 Å². The van der Waals surface area contributed by atoms with Crippen molar-refractivity contribution < 1.29 is 18.0 Å². The number of hydrogen-bond donors (Lipinski definition) is 2. The number of carbonyl (C=O) groups excluding carboxylic acids is 1. The Bertz CT molecular complexity index is 807. The maximum atomic E-state index is 13.2. The third-order valence-electron chi connectivity index (χ3n) is 6.46. The van der Waals surface area contributed by atoms with Crippen molar-refractivity contribution in [3.05, 3.63) is 29.3 Å². The standard InChI is InChI=1S/C21H25F3N4O/c22-21(23,24)19-9-16(4-1-14(19)10-25)28-7-5-13(6-8-28)17-11-26-12-18(17)20(29)27-15-2-3-15/h1,4,9,13,15,17-18,26H,2-3,5-8,11-12H2,(H,27,29)/t17-,18+/m0/s1. The van der Waals surface area contributed by atoms with E-state index in [9.17, 15) is 18.0 Å². The molecule has 3 aliphatic rings. The van der Waals surface area contributed by atoms with Crippen LogP contribution in [0.4, 0.5) is 18.9 Å². The van der Waals surface area contributed by atoms with Gasteiger partial charge in [0.1, 0.15) is 0 Å². The molecule has 29 heavy (non-hydrogen) atoms. The van der Waals surface area contributed by atoms with E-state index in [1.807, 2.05) is 4.90 Å². The Morgan fingerprint density at radius 3 is 2.52 bits per heavy atom. The first-order valence-corrected chi connectivity index (χ1v) is 10.2. The van der Waals surface area contributed by atoms with E-state index < -0.39 is 11.7 Å². The van der Waals surface area contributed by atoms with Crippen LogP contribution in [0.15, 0.2) is 18.2 Å². The Morgan fingerprint density at radius 2 is 1.90 bits per heavy atom. The summed E-state index contributed by atoms with van der Waals surface area (Å²) in [6.07, 6.45) is -0.711. The highest BCUT2D eigenvalue weighted by atomic mass is 19.4. The van der Waals surface area contributed by atoms with Gasteiger partial charge in [-0.3, -0.25) is 4.79 Å². The van der Waals surface area contributed by atoms with Gasteiger partial charge >= 0.3 is 6.18 Å². The number of hydrogen-bond acceptors (Lipinski definition) is 4. The monoisotopic (exact) mass is 406 g/mol. The molecule has 0 radical (unpaired) electrons. The zero-order valence-corrected chi connectivity index (χ0v) is 16.1. The van der Waals surface area contributed by atoms with Crippen LogP contribution >= 0.6 is 0 Å². The smallest absolute Gasteiger partial charge is 0.372 e. The minimum atomic E-state index is -4.54. The summed E-state index contributed by atoms with van der Waals surface area (Å²) < 4.78 is 39.7. The first-order valence-electron chi connectivity index (χ1n) is 10.2. The zero-order chi connectivity index (χ0) is 20.6. The molecular formula is C21H25F3N4O. The van der Waals surface area contributed by atoms with E-state index in [4.69, 9.17) is 5.26 Å². The second-order valence-corrected chi connectivity index (χ2v) is 8.38.